The number of carbonyl (C=O) groups is 2. The van der Waals surface area contributed by atoms with Gasteiger partial charge in [-0.25, -0.2) is 20.0 Å². The van der Waals surface area contributed by atoms with Crippen LogP contribution in [0.15, 0.2) is 112 Å². The summed E-state index contributed by atoms with van der Waals surface area (Å²) in [5, 5.41) is 0. The Balaban J connectivity index is 1.78. The summed E-state index contributed by atoms with van der Waals surface area (Å²) in [5.41, 5.74) is 13.7. The lowest BCUT2D eigenvalue weighted by molar-refractivity contribution is -0.141. The molecule has 2 atom stereocenters. The van der Waals surface area contributed by atoms with E-state index in [0.29, 0.717) is 24.3 Å². The topological polar surface area (TPSA) is 121 Å². The van der Waals surface area contributed by atoms with Crippen LogP contribution in [0.4, 0.5) is 0 Å². The number of ether oxygens (including phenoxy) is 4. The predicted molar refractivity (Wildman–Crippen MR) is 188 cm³/mol. The van der Waals surface area contributed by atoms with E-state index in [9.17, 15) is 9.59 Å². The summed E-state index contributed by atoms with van der Waals surface area (Å²) in [7, 11) is 6.16. The number of fused-ring (bicyclic) bond motifs is 4. The molecule has 48 heavy (non-hydrogen) atoms. The Kier molecular flexibility index (Phi) is 10.4. The molecule has 5 rings (SSSR count). The van der Waals surface area contributed by atoms with Gasteiger partial charge in [-0.2, -0.15) is 0 Å². The normalized spacial score (nSPS) is 20.2. The Morgan fingerprint density at radius 1 is 0.542 bits per heavy atom. The van der Waals surface area contributed by atoms with Crippen molar-refractivity contribution in [2.24, 2.45) is 20.0 Å². The highest BCUT2D eigenvalue weighted by Gasteiger charge is 2.31. The van der Waals surface area contributed by atoms with Gasteiger partial charge in [0.1, 0.15) is 0 Å². The van der Waals surface area contributed by atoms with Gasteiger partial charge >= 0.3 is 11.9 Å². The van der Waals surface area contributed by atoms with Crippen molar-refractivity contribution in [1.29, 1.82) is 0 Å². The summed E-state index contributed by atoms with van der Waals surface area (Å²) < 4.78 is 21.6. The first-order valence-electron chi connectivity index (χ1n) is 16.2. The zero-order chi connectivity index (χ0) is 34.9. The molecule has 0 spiro atoms. The van der Waals surface area contributed by atoms with Crippen LogP contribution in [0.25, 0.3) is 0 Å². The number of methoxy groups -OCH3 is 4. The molecule has 0 aromatic rings. The number of allylic oxidation sites excluding steroid dienone is 10. The van der Waals surface area contributed by atoms with Gasteiger partial charge in [0.25, 0.3) is 0 Å². The van der Waals surface area contributed by atoms with E-state index in [1.165, 1.54) is 14.2 Å². The predicted octanol–water partition coefficient (Wildman–Crippen LogP) is 6.60. The van der Waals surface area contributed by atoms with Crippen LogP contribution in [-0.2, 0) is 28.5 Å². The van der Waals surface area contributed by atoms with Crippen molar-refractivity contribution in [1.82, 2.24) is 0 Å². The first kappa shape index (κ1) is 34.8. The number of hydrogen-bond donors (Lipinski definition) is 0. The highest BCUT2D eigenvalue weighted by Crippen LogP contribution is 2.39. The molecule has 10 heteroatoms. The molecule has 5 aliphatic rings. The number of hydrogen-bond acceptors (Lipinski definition) is 10. The summed E-state index contributed by atoms with van der Waals surface area (Å²) >= 11 is 0. The Labute approximate surface area is 282 Å². The average Bonchev–Trinajstić information content (AvgIpc) is 3.74. The van der Waals surface area contributed by atoms with E-state index in [-0.39, 0.29) is 37.0 Å². The van der Waals surface area contributed by atoms with Gasteiger partial charge in [0.2, 0.25) is 0 Å². The van der Waals surface area contributed by atoms with Gasteiger partial charge in [-0.15, -0.1) is 0 Å². The van der Waals surface area contributed by atoms with Crippen LogP contribution in [0, 0.1) is 0 Å². The van der Waals surface area contributed by atoms with Crippen molar-refractivity contribution in [2.45, 2.75) is 79.4 Å². The van der Waals surface area contributed by atoms with Crippen molar-refractivity contribution in [2.75, 3.05) is 28.4 Å². The van der Waals surface area contributed by atoms with Crippen LogP contribution in [-0.4, -0.2) is 75.4 Å². The second kappa shape index (κ2) is 14.3. The summed E-state index contributed by atoms with van der Waals surface area (Å²) in [6, 6.07) is 0. The molecule has 0 radical (unpaired) electrons. The van der Waals surface area contributed by atoms with Crippen molar-refractivity contribution >= 4 is 34.8 Å². The Hall–Kier alpha value is -4.54. The van der Waals surface area contributed by atoms with Gasteiger partial charge < -0.3 is 18.9 Å². The Morgan fingerprint density at radius 2 is 0.938 bits per heavy atom. The number of rotatable bonds is 10. The smallest absolute Gasteiger partial charge is 0.305 e. The molecule has 10 nitrogen and oxygen atoms in total. The molecule has 2 unspecified atom stereocenters. The molecular formula is C38H44N4O6. The first-order valence-corrected chi connectivity index (χ1v) is 16.2. The van der Waals surface area contributed by atoms with Crippen molar-refractivity contribution in [3.05, 3.63) is 91.7 Å². The number of carbonyl (C=O) groups excluding carboxylic acids is 2. The maximum Gasteiger partial charge on any atom is 0.305 e. The third-order valence-corrected chi connectivity index (χ3v) is 9.61. The quantitative estimate of drug-likeness (QED) is 0.246. The van der Waals surface area contributed by atoms with E-state index in [1.807, 2.05) is 58.9 Å². The Morgan fingerprint density at radius 3 is 1.42 bits per heavy atom. The van der Waals surface area contributed by atoms with Gasteiger partial charge in [0.05, 0.1) is 72.1 Å². The largest absolute Gasteiger partial charge is 0.469 e. The van der Waals surface area contributed by atoms with Crippen LogP contribution in [0.1, 0.15) is 67.2 Å². The molecular weight excluding hydrogens is 608 g/mol. The summed E-state index contributed by atoms with van der Waals surface area (Å²) in [4.78, 5) is 44.9. The van der Waals surface area contributed by atoms with Crippen molar-refractivity contribution in [3.8, 4) is 0 Å². The standard InChI is InChI=1S/C38H44N4O6/c1-19-25(11-13-35(43)47-9)31-18-32-26(12-14-36(44)48-10)20(2)28(40-32)16-33-38(24(6)46-8)22(4)30(42-33)17-34-37(23(5)45-7)21(3)29(41-34)15-27(19)39-31/h15-18,23-24H,11-14H2,1-10H3. The monoisotopic (exact) mass is 652 g/mol. The molecule has 0 saturated heterocycles. The summed E-state index contributed by atoms with van der Waals surface area (Å²) in [6.07, 6.45) is 8.81. The fourth-order valence-electron chi connectivity index (χ4n) is 6.55. The van der Waals surface area contributed by atoms with Crippen LogP contribution < -0.4 is 0 Å². The SMILES string of the molecule is COC(=O)CCC1=C(C)C2=NC1=CC1=NC(=CC3=NC(=CC4=NC(=C2)C(C(C)OC)=C4C)C(C(C)OC)=C3C)C(C)=C1CCC(=O)OC. The molecule has 5 aliphatic heterocycles. The van der Waals surface area contributed by atoms with E-state index in [1.54, 1.807) is 14.2 Å². The highest BCUT2D eigenvalue weighted by atomic mass is 16.5. The van der Waals surface area contributed by atoms with Gasteiger partial charge in [-0.3, -0.25) is 9.59 Å². The van der Waals surface area contributed by atoms with Gasteiger partial charge in [0, 0.05) is 38.2 Å². The van der Waals surface area contributed by atoms with Crippen LogP contribution in [0.5, 0.6) is 0 Å². The molecule has 8 bridgehead atoms. The average molecular weight is 653 g/mol. The van der Waals surface area contributed by atoms with E-state index in [2.05, 4.69) is 6.92 Å². The molecule has 252 valence electrons. The third-order valence-electron chi connectivity index (χ3n) is 9.61. The van der Waals surface area contributed by atoms with Crippen molar-refractivity contribution in [3.63, 3.8) is 0 Å². The van der Waals surface area contributed by atoms with Crippen LogP contribution in [0.3, 0.4) is 0 Å². The maximum absolute atomic E-state index is 12.2. The Bertz CT molecular complexity index is 1850. The molecule has 0 N–H and O–H groups in total. The minimum Gasteiger partial charge on any atom is -0.469 e. The number of esters is 2. The molecule has 5 heterocycles. The number of nitrogens with zero attached hydrogens (tertiary/aromatic N) is 4. The lowest BCUT2D eigenvalue weighted by Crippen LogP contribution is -2.12. The van der Waals surface area contributed by atoms with Crippen LogP contribution >= 0.6 is 0 Å². The highest BCUT2D eigenvalue weighted by molar-refractivity contribution is 6.20. The fourth-order valence-corrected chi connectivity index (χ4v) is 6.55. The minimum absolute atomic E-state index is 0.204. The first-order chi connectivity index (χ1) is 22.9. The lowest BCUT2D eigenvalue weighted by Gasteiger charge is -2.14. The van der Waals surface area contributed by atoms with E-state index < -0.39 is 0 Å². The minimum atomic E-state index is -0.299. The van der Waals surface area contributed by atoms with E-state index >= 15 is 0 Å². The molecule has 0 amide bonds. The molecule has 0 aromatic heterocycles. The van der Waals surface area contributed by atoms with Crippen LogP contribution in [0.2, 0.25) is 0 Å². The summed E-state index contributed by atoms with van der Waals surface area (Å²) in [6.45, 7) is 12.1. The molecule has 0 saturated carbocycles. The number of aliphatic imine (C=N–C) groups is 4. The van der Waals surface area contributed by atoms with Crippen molar-refractivity contribution < 1.29 is 28.5 Å². The lowest BCUT2D eigenvalue weighted by atomic mass is 9.95. The molecule has 0 fully saturated rings. The van der Waals surface area contributed by atoms with Gasteiger partial charge in [-0.05, 0) is 112 Å². The molecule has 0 aromatic carbocycles. The summed E-state index contributed by atoms with van der Waals surface area (Å²) in [5.74, 6) is -0.597. The zero-order valence-electron chi connectivity index (χ0n) is 29.5. The second-order valence-electron chi connectivity index (χ2n) is 12.3. The van der Waals surface area contributed by atoms with E-state index in [0.717, 1.165) is 78.8 Å². The maximum atomic E-state index is 12.2. The zero-order valence-corrected chi connectivity index (χ0v) is 29.5. The van der Waals surface area contributed by atoms with Gasteiger partial charge in [-0.1, -0.05) is 0 Å². The molecule has 0 aliphatic carbocycles. The third kappa shape index (κ3) is 6.59. The van der Waals surface area contributed by atoms with Gasteiger partial charge in [0.15, 0.2) is 0 Å². The van der Waals surface area contributed by atoms with E-state index in [4.69, 9.17) is 38.9 Å². The second-order valence-corrected chi connectivity index (χ2v) is 12.3. The fraction of sp³-hybridized carbons (Fsp3) is 0.421.